The second kappa shape index (κ2) is 13.2. The smallest absolute Gasteiger partial charge is 0.187 e. The molecule has 5 aliphatic carbocycles. The molecular weight excluding hydrogens is 652 g/mol. The predicted molar refractivity (Wildman–Crippen MR) is 190 cm³/mol. The average molecular weight is 721 g/mol. The molecule has 0 aromatic carbocycles. The van der Waals surface area contributed by atoms with E-state index in [2.05, 4.69) is 48.1 Å². The number of hydrogen-bond acceptors (Lipinski definition) is 10. The van der Waals surface area contributed by atoms with E-state index in [4.69, 9.17) is 18.9 Å². The molecule has 0 aromatic heterocycles. The first-order chi connectivity index (χ1) is 23.9. The number of hydrogen-bond donors (Lipinski definition) is 6. The molecule has 0 unspecified atom stereocenters. The summed E-state index contributed by atoms with van der Waals surface area (Å²) in [6.07, 6.45) is -0.442. The minimum atomic E-state index is -1.56. The minimum absolute atomic E-state index is 0.0440. The monoisotopic (exact) mass is 720 g/mol. The summed E-state index contributed by atoms with van der Waals surface area (Å²) in [6.45, 7) is 20.9. The standard InChI is InChI=1S/C41H68O10/c1-21(2)23-11-16-41(20-42)18-17-39(7)24(29(23)41)9-10-27-38(6)14-13-28(37(4,5)26(38)12-15-40(27,39)8)50-36-34(31(45)25(43)19-48-36)51-35-33(47)32(46)30(44)22(3)49-35/h22-36,42-47H,1,9-20H2,2-8H3/t22-,23-,24+,25-,26-,27+,28-,29+,30-,31-,32+,33+,34+,35-,36-,38-,39+,40+,41+/m0/s1. The molecule has 10 heteroatoms. The van der Waals surface area contributed by atoms with Crippen molar-refractivity contribution in [2.45, 2.75) is 174 Å². The molecule has 10 nitrogen and oxygen atoms in total. The predicted octanol–water partition coefficient (Wildman–Crippen LogP) is 4.31. The average Bonchev–Trinajstić information content (AvgIpc) is 3.48. The second-order valence-electron chi connectivity index (χ2n) is 19.7. The van der Waals surface area contributed by atoms with E-state index in [1.54, 1.807) is 6.92 Å². The number of rotatable bonds is 6. The number of aliphatic hydroxyl groups excluding tert-OH is 6. The Morgan fingerprint density at radius 3 is 2.16 bits per heavy atom. The minimum Gasteiger partial charge on any atom is -0.396 e. The Hall–Kier alpha value is -0.660. The van der Waals surface area contributed by atoms with Crippen molar-refractivity contribution in [2.24, 2.45) is 56.7 Å². The van der Waals surface area contributed by atoms with Gasteiger partial charge in [0.2, 0.25) is 0 Å². The molecule has 292 valence electrons. The molecule has 6 N–H and O–H groups in total. The van der Waals surface area contributed by atoms with E-state index < -0.39 is 55.3 Å². The van der Waals surface area contributed by atoms with Crippen molar-refractivity contribution in [2.75, 3.05) is 13.2 Å². The number of aliphatic hydroxyl groups is 6. The lowest BCUT2D eigenvalue weighted by Gasteiger charge is -2.73. The van der Waals surface area contributed by atoms with Crippen molar-refractivity contribution in [3.05, 3.63) is 12.2 Å². The summed E-state index contributed by atoms with van der Waals surface area (Å²) < 4.78 is 24.5. The van der Waals surface area contributed by atoms with Gasteiger partial charge in [-0.05, 0) is 135 Å². The van der Waals surface area contributed by atoms with Gasteiger partial charge in [-0.1, -0.05) is 46.8 Å². The second-order valence-corrected chi connectivity index (χ2v) is 19.7. The first-order valence-electron chi connectivity index (χ1n) is 20.1. The Morgan fingerprint density at radius 1 is 0.745 bits per heavy atom. The highest BCUT2D eigenvalue weighted by Crippen LogP contribution is 2.77. The van der Waals surface area contributed by atoms with Gasteiger partial charge in [0.05, 0.1) is 18.8 Å². The number of ether oxygens (including phenoxy) is 4. The van der Waals surface area contributed by atoms with Gasteiger partial charge in [-0.25, -0.2) is 0 Å². The molecule has 2 saturated heterocycles. The van der Waals surface area contributed by atoms with Crippen LogP contribution in [-0.4, -0.2) is 105 Å². The lowest BCUT2D eigenvalue weighted by Crippen LogP contribution is -2.67. The molecule has 19 atom stereocenters. The molecule has 0 amide bonds. The van der Waals surface area contributed by atoms with Crippen LogP contribution in [-0.2, 0) is 18.9 Å². The molecule has 51 heavy (non-hydrogen) atoms. The molecule has 7 aliphatic rings. The van der Waals surface area contributed by atoms with Crippen LogP contribution in [0.1, 0.15) is 113 Å². The lowest BCUT2D eigenvalue weighted by atomic mass is 9.32. The third kappa shape index (κ3) is 5.61. The molecule has 7 rings (SSSR count). The zero-order valence-corrected chi connectivity index (χ0v) is 32.2. The molecule has 0 radical (unpaired) electrons. The van der Waals surface area contributed by atoms with Crippen LogP contribution < -0.4 is 0 Å². The van der Waals surface area contributed by atoms with E-state index in [1.807, 2.05) is 0 Å². The Balaban J connectivity index is 1.11. The molecule has 5 saturated carbocycles. The van der Waals surface area contributed by atoms with Gasteiger partial charge >= 0.3 is 0 Å². The molecular formula is C41H68O10. The van der Waals surface area contributed by atoms with Gasteiger partial charge < -0.3 is 49.6 Å². The topological polar surface area (TPSA) is 158 Å². The fourth-order valence-electron chi connectivity index (χ4n) is 14.2. The van der Waals surface area contributed by atoms with E-state index in [-0.39, 0.29) is 39.8 Å². The van der Waals surface area contributed by atoms with E-state index >= 15 is 0 Å². The largest absolute Gasteiger partial charge is 0.396 e. The van der Waals surface area contributed by atoms with Crippen LogP contribution in [0.3, 0.4) is 0 Å². The van der Waals surface area contributed by atoms with Crippen molar-refractivity contribution in [3.8, 4) is 0 Å². The summed E-state index contributed by atoms with van der Waals surface area (Å²) >= 11 is 0. The maximum Gasteiger partial charge on any atom is 0.187 e. The summed E-state index contributed by atoms with van der Waals surface area (Å²) in [7, 11) is 0. The van der Waals surface area contributed by atoms with Crippen molar-refractivity contribution < 1.29 is 49.6 Å². The van der Waals surface area contributed by atoms with Gasteiger partial charge in [0, 0.05) is 6.61 Å². The van der Waals surface area contributed by atoms with Crippen LogP contribution in [0.5, 0.6) is 0 Å². The molecule has 2 heterocycles. The third-order valence-corrected chi connectivity index (χ3v) is 17.3. The van der Waals surface area contributed by atoms with Crippen molar-refractivity contribution in [3.63, 3.8) is 0 Å². The van der Waals surface area contributed by atoms with Crippen LogP contribution in [0.4, 0.5) is 0 Å². The quantitative estimate of drug-likeness (QED) is 0.173. The molecule has 7 fully saturated rings. The van der Waals surface area contributed by atoms with Gasteiger partial charge in [-0.3, -0.25) is 0 Å². The molecule has 0 aromatic rings. The number of allylic oxidation sites excluding steroid dienone is 1. The first-order valence-corrected chi connectivity index (χ1v) is 20.1. The normalized spacial score (nSPS) is 56.7. The molecule has 0 bridgehead atoms. The van der Waals surface area contributed by atoms with Crippen LogP contribution in [0, 0.1) is 56.7 Å². The molecule has 0 spiro atoms. The van der Waals surface area contributed by atoms with Gasteiger partial charge in [0.1, 0.15) is 36.6 Å². The van der Waals surface area contributed by atoms with Gasteiger partial charge in [0.15, 0.2) is 12.6 Å². The number of fused-ring (bicyclic) bond motifs is 7. The van der Waals surface area contributed by atoms with E-state index in [1.165, 1.54) is 24.8 Å². The van der Waals surface area contributed by atoms with Crippen molar-refractivity contribution in [1.82, 2.24) is 0 Å². The van der Waals surface area contributed by atoms with Gasteiger partial charge in [0.25, 0.3) is 0 Å². The van der Waals surface area contributed by atoms with E-state index in [0.717, 1.165) is 44.9 Å². The Labute approximate surface area is 305 Å². The highest BCUT2D eigenvalue weighted by atomic mass is 16.8. The Kier molecular flexibility index (Phi) is 10.0. The van der Waals surface area contributed by atoms with Gasteiger partial charge in [-0.15, -0.1) is 0 Å². The van der Waals surface area contributed by atoms with Crippen molar-refractivity contribution >= 4 is 0 Å². The summed E-state index contributed by atoms with van der Waals surface area (Å²) in [5.41, 5.74) is 1.62. The van der Waals surface area contributed by atoms with Gasteiger partial charge in [-0.2, -0.15) is 0 Å². The maximum atomic E-state index is 11.1. The van der Waals surface area contributed by atoms with Crippen LogP contribution in [0.25, 0.3) is 0 Å². The summed E-state index contributed by atoms with van der Waals surface area (Å²) in [5, 5.41) is 63.8. The SMILES string of the molecule is C=C(C)[C@@H]1CC[C@]2(CO)CC[C@]3(C)[C@H](CC[C@@H]4[C@@]5(C)CC[C@H](O[C@@H]6OC[C@H](O)[C@H](O)[C@H]6O[C@@H]6O[C@@H](C)[C@H](O)[C@@H](O)[C@H]6O)C(C)(C)[C@@H]5CC[C@]43C)[C@@H]12. The van der Waals surface area contributed by atoms with Crippen LogP contribution in [0.2, 0.25) is 0 Å². The zero-order chi connectivity index (χ0) is 37.1. The lowest BCUT2D eigenvalue weighted by molar-refractivity contribution is -0.365. The fourth-order valence-corrected chi connectivity index (χ4v) is 14.2. The maximum absolute atomic E-state index is 11.1. The zero-order valence-electron chi connectivity index (χ0n) is 32.2. The summed E-state index contributed by atoms with van der Waals surface area (Å²) in [4.78, 5) is 0. The highest BCUT2D eigenvalue weighted by Gasteiger charge is 2.71. The Bertz CT molecular complexity index is 1310. The Morgan fingerprint density at radius 2 is 1.47 bits per heavy atom. The summed E-state index contributed by atoms with van der Waals surface area (Å²) in [6, 6.07) is 0. The van der Waals surface area contributed by atoms with Crippen LogP contribution >= 0.6 is 0 Å². The molecule has 2 aliphatic heterocycles. The highest BCUT2D eigenvalue weighted by molar-refractivity contribution is 5.21. The van der Waals surface area contributed by atoms with E-state index in [0.29, 0.717) is 36.2 Å². The first kappa shape index (κ1) is 38.6. The fraction of sp³-hybridized carbons (Fsp3) is 0.951. The van der Waals surface area contributed by atoms with Crippen LogP contribution in [0.15, 0.2) is 12.2 Å². The third-order valence-electron chi connectivity index (χ3n) is 17.3. The van der Waals surface area contributed by atoms with E-state index in [9.17, 15) is 30.6 Å². The van der Waals surface area contributed by atoms with Crippen molar-refractivity contribution in [1.29, 1.82) is 0 Å². The summed E-state index contributed by atoms with van der Waals surface area (Å²) in [5.74, 6) is 2.58.